The predicted molar refractivity (Wildman–Crippen MR) is 96.0 cm³/mol. The van der Waals surface area contributed by atoms with Crippen LogP contribution in [0, 0.1) is 6.92 Å². The summed E-state index contributed by atoms with van der Waals surface area (Å²) in [6, 6.07) is 8.32. The highest BCUT2D eigenvalue weighted by Gasteiger charge is 2.29. The van der Waals surface area contributed by atoms with E-state index in [0.717, 1.165) is 5.56 Å². The monoisotopic (exact) mass is 375 g/mol. The molecule has 136 valence electrons. The Bertz CT molecular complexity index is 827. The summed E-state index contributed by atoms with van der Waals surface area (Å²) in [6.07, 6.45) is 1.44. The van der Waals surface area contributed by atoms with E-state index in [0.29, 0.717) is 23.8 Å². The van der Waals surface area contributed by atoms with Gasteiger partial charge in [-0.25, -0.2) is 0 Å². The van der Waals surface area contributed by atoms with Gasteiger partial charge in [-0.3, -0.25) is 14.4 Å². The summed E-state index contributed by atoms with van der Waals surface area (Å²) in [6.45, 7) is 3.07. The summed E-state index contributed by atoms with van der Waals surface area (Å²) in [5.41, 5.74) is 1.31. The number of amides is 3. The number of hydrogen-bond acceptors (Lipinski definition) is 4. The van der Waals surface area contributed by atoms with E-state index >= 15 is 0 Å². The number of benzene rings is 1. The third-order valence-electron chi connectivity index (χ3n) is 4.23. The minimum atomic E-state index is -0.721. The highest BCUT2D eigenvalue weighted by Crippen LogP contribution is 2.20. The van der Waals surface area contributed by atoms with Crippen LogP contribution in [0.15, 0.2) is 41.0 Å². The Morgan fingerprint density at radius 1 is 1.08 bits per heavy atom. The summed E-state index contributed by atoms with van der Waals surface area (Å²) < 4.78 is 5.10. The Balaban J connectivity index is 1.57. The van der Waals surface area contributed by atoms with Gasteiger partial charge in [0.25, 0.3) is 5.91 Å². The van der Waals surface area contributed by atoms with Crippen molar-refractivity contribution in [3.05, 3.63) is 52.9 Å². The number of aryl methyl sites for hydroxylation is 1. The van der Waals surface area contributed by atoms with Crippen LogP contribution in [0.4, 0.5) is 5.69 Å². The molecule has 0 unspecified atom stereocenters. The first kappa shape index (κ1) is 18.0. The third-order valence-corrected chi connectivity index (χ3v) is 4.46. The maximum atomic E-state index is 12.4. The zero-order valence-electron chi connectivity index (χ0n) is 14.2. The zero-order chi connectivity index (χ0) is 18.7. The largest absolute Gasteiger partial charge is 0.459 e. The van der Waals surface area contributed by atoms with Crippen molar-refractivity contribution < 1.29 is 18.8 Å². The number of hydrogen-bond donors (Lipinski definition) is 1. The molecule has 26 heavy (non-hydrogen) atoms. The minimum Gasteiger partial charge on any atom is -0.459 e. The average Bonchev–Trinajstić information content (AvgIpc) is 3.18. The molecule has 8 heteroatoms. The average molecular weight is 376 g/mol. The van der Waals surface area contributed by atoms with Crippen LogP contribution in [0.3, 0.4) is 0 Å². The van der Waals surface area contributed by atoms with Gasteiger partial charge in [-0.05, 0) is 36.8 Å². The normalized spacial score (nSPS) is 14.2. The number of rotatable bonds is 2. The molecule has 0 saturated carbocycles. The molecule has 0 aliphatic carbocycles. The molecule has 0 radical (unpaired) electrons. The SMILES string of the molecule is Cc1ccc(Cl)cc1NC(=O)C(=O)N1CCN(C(=O)c2ccco2)CC1. The molecule has 2 aromatic rings. The quantitative estimate of drug-likeness (QED) is 0.815. The molecule has 0 spiro atoms. The first-order valence-electron chi connectivity index (χ1n) is 8.15. The fourth-order valence-electron chi connectivity index (χ4n) is 2.72. The van der Waals surface area contributed by atoms with Crippen molar-refractivity contribution in [2.24, 2.45) is 0 Å². The van der Waals surface area contributed by atoms with Crippen molar-refractivity contribution in [2.75, 3.05) is 31.5 Å². The van der Waals surface area contributed by atoms with Gasteiger partial charge < -0.3 is 19.5 Å². The number of furan rings is 1. The van der Waals surface area contributed by atoms with E-state index in [1.165, 1.54) is 11.2 Å². The van der Waals surface area contributed by atoms with Gasteiger partial charge in [0.05, 0.1) is 6.26 Å². The van der Waals surface area contributed by atoms with E-state index in [-0.39, 0.29) is 24.8 Å². The Labute approximate surface area is 155 Å². The van der Waals surface area contributed by atoms with Gasteiger partial charge in [-0.1, -0.05) is 17.7 Å². The summed E-state index contributed by atoms with van der Waals surface area (Å²) in [5.74, 6) is -1.31. The third kappa shape index (κ3) is 3.88. The van der Waals surface area contributed by atoms with Gasteiger partial charge in [0.1, 0.15) is 0 Å². The van der Waals surface area contributed by atoms with Crippen molar-refractivity contribution in [3.63, 3.8) is 0 Å². The Morgan fingerprint density at radius 3 is 2.42 bits per heavy atom. The van der Waals surface area contributed by atoms with E-state index < -0.39 is 11.8 Å². The Hall–Kier alpha value is -2.80. The van der Waals surface area contributed by atoms with Crippen LogP contribution in [0.5, 0.6) is 0 Å². The van der Waals surface area contributed by atoms with Crippen LogP contribution in [0.2, 0.25) is 5.02 Å². The topological polar surface area (TPSA) is 82.9 Å². The highest BCUT2D eigenvalue weighted by molar-refractivity contribution is 6.40. The van der Waals surface area contributed by atoms with E-state index in [1.807, 2.05) is 6.92 Å². The summed E-state index contributed by atoms with van der Waals surface area (Å²) in [4.78, 5) is 39.8. The van der Waals surface area contributed by atoms with Gasteiger partial charge in [-0.15, -0.1) is 0 Å². The lowest BCUT2D eigenvalue weighted by Crippen LogP contribution is -2.53. The second-order valence-electron chi connectivity index (χ2n) is 5.98. The van der Waals surface area contributed by atoms with Gasteiger partial charge >= 0.3 is 11.8 Å². The van der Waals surface area contributed by atoms with Crippen LogP contribution in [0.1, 0.15) is 16.1 Å². The molecular formula is C18H18ClN3O4. The maximum absolute atomic E-state index is 12.4. The number of nitrogens with one attached hydrogen (secondary N) is 1. The molecule has 1 saturated heterocycles. The molecule has 1 fully saturated rings. The lowest BCUT2D eigenvalue weighted by atomic mass is 10.2. The zero-order valence-corrected chi connectivity index (χ0v) is 15.0. The molecule has 0 atom stereocenters. The highest BCUT2D eigenvalue weighted by atomic mass is 35.5. The fraction of sp³-hybridized carbons (Fsp3) is 0.278. The first-order chi connectivity index (χ1) is 12.5. The van der Waals surface area contributed by atoms with Crippen molar-refractivity contribution in [1.82, 2.24) is 9.80 Å². The molecule has 1 N–H and O–H groups in total. The first-order valence-corrected chi connectivity index (χ1v) is 8.52. The Morgan fingerprint density at radius 2 is 1.77 bits per heavy atom. The smallest absolute Gasteiger partial charge is 0.313 e. The number of halogens is 1. The van der Waals surface area contributed by atoms with Crippen LogP contribution < -0.4 is 5.32 Å². The summed E-state index contributed by atoms with van der Waals surface area (Å²) in [7, 11) is 0. The van der Waals surface area contributed by atoms with E-state index in [9.17, 15) is 14.4 Å². The standard InChI is InChI=1S/C18H18ClN3O4/c1-12-4-5-13(19)11-14(12)20-16(23)18(25)22-8-6-21(7-9-22)17(24)15-3-2-10-26-15/h2-5,10-11H,6-9H2,1H3,(H,20,23). The van der Waals surface area contributed by atoms with Gasteiger partial charge in [0.15, 0.2) is 5.76 Å². The molecule has 1 aliphatic rings. The molecule has 1 aromatic carbocycles. The molecule has 1 aromatic heterocycles. The lowest BCUT2D eigenvalue weighted by molar-refractivity contribution is -0.144. The summed E-state index contributed by atoms with van der Waals surface area (Å²) in [5, 5.41) is 3.07. The van der Waals surface area contributed by atoms with E-state index in [1.54, 1.807) is 35.2 Å². The van der Waals surface area contributed by atoms with Crippen LogP contribution in [-0.4, -0.2) is 53.7 Å². The molecule has 7 nitrogen and oxygen atoms in total. The number of anilines is 1. The Kier molecular flexibility index (Phi) is 5.27. The van der Waals surface area contributed by atoms with Crippen LogP contribution in [-0.2, 0) is 9.59 Å². The molecule has 3 rings (SSSR count). The van der Waals surface area contributed by atoms with Crippen molar-refractivity contribution >= 4 is 35.0 Å². The number of nitrogens with zero attached hydrogens (tertiary/aromatic N) is 2. The number of carbonyl (C=O) groups excluding carboxylic acids is 3. The molecule has 0 bridgehead atoms. The van der Waals surface area contributed by atoms with Gasteiger partial charge in [0.2, 0.25) is 0 Å². The molecule has 2 heterocycles. The second kappa shape index (κ2) is 7.61. The molecule has 3 amide bonds. The molecule has 1 aliphatic heterocycles. The second-order valence-corrected chi connectivity index (χ2v) is 6.41. The van der Waals surface area contributed by atoms with Gasteiger partial charge in [0, 0.05) is 36.9 Å². The maximum Gasteiger partial charge on any atom is 0.313 e. The van der Waals surface area contributed by atoms with E-state index in [2.05, 4.69) is 5.32 Å². The minimum absolute atomic E-state index is 0.221. The fourth-order valence-corrected chi connectivity index (χ4v) is 2.89. The van der Waals surface area contributed by atoms with Crippen molar-refractivity contribution in [3.8, 4) is 0 Å². The van der Waals surface area contributed by atoms with E-state index in [4.69, 9.17) is 16.0 Å². The predicted octanol–water partition coefficient (Wildman–Crippen LogP) is 2.16. The lowest BCUT2D eigenvalue weighted by Gasteiger charge is -2.33. The van der Waals surface area contributed by atoms with Crippen LogP contribution in [0.25, 0.3) is 0 Å². The van der Waals surface area contributed by atoms with Crippen molar-refractivity contribution in [2.45, 2.75) is 6.92 Å². The number of piperazine rings is 1. The van der Waals surface area contributed by atoms with Crippen molar-refractivity contribution in [1.29, 1.82) is 0 Å². The van der Waals surface area contributed by atoms with Gasteiger partial charge in [-0.2, -0.15) is 0 Å². The molecular weight excluding hydrogens is 358 g/mol. The van der Waals surface area contributed by atoms with Crippen LogP contribution >= 0.6 is 11.6 Å². The number of carbonyl (C=O) groups is 3. The summed E-state index contributed by atoms with van der Waals surface area (Å²) >= 11 is 5.92.